The molecule has 0 spiro atoms. The molecule has 0 amide bonds. The molecule has 0 aromatic heterocycles. The molecule has 0 saturated heterocycles. The number of ether oxygens (including phenoxy) is 1. The minimum atomic E-state index is -0.556. The van der Waals surface area contributed by atoms with Crippen molar-refractivity contribution in [1.29, 1.82) is 0 Å². The van der Waals surface area contributed by atoms with E-state index in [4.69, 9.17) is 16.3 Å². The van der Waals surface area contributed by atoms with Gasteiger partial charge in [-0.2, -0.15) is 0 Å². The number of hydrogen-bond acceptors (Lipinski definition) is 3. The highest BCUT2D eigenvalue weighted by Gasteiger charge is 2.09. The van der Waals surface area contributed by atoms with Crippen molar-refractivity contribution >= 4 is 11.6 Å². The second-order valence-corrected chi connectivity index (χ2v) is 5.40. The maximum atomic E-state index is 9.94. The Balaban J connectivity index is 1.73. The minimum Gasteiger partial charge on any atom is -0.491 e. The molecule has 0 saturated carbocycles. The van der Waals surface area contributed by atoms with Crippen LogP contribution in [0.2, 0.25) is 5.02 Å². The molecule has 2 N–H and O–H groups in total. The first-order valence-electron chi connectivity index (χ1n) is 7.00. The average Bonchev–Trinajstić information content (AvgIpc) is 2.52. The number of aliphatic hydroxyl groups excluding tert-OH is 1. The van der Waals surface area contributed by atoms with Crippen LogP contribution in [0.15, 0.2) is 54.6 Å². The Morgan fingerprint density at radius 2 is 1.76 bits per heavy atom. The summed E-state index contributed by atoms with van der Waals surface area (Å²) in [6.45, 7) is 2.79. The summed E-state index contributed by atoms with van der Waals surface area (Å²) in [5.41, 5.74) is 1.13. The standard InChI is InChI=1S/C17H20ClNO2/c1-13(14-7-9-15(18)10-8-14)19-11-16(20)12-21-17-5-3-2-4-6-17/h2-10,13,16,19-20H,11-12H2,1H3/t13-,16?/m0/s1. The SMILES string of the molecule is C[C@H](NCC(O)COc1ccccc1)c1ccc(Cl)cc1. The van der Waals surface area contributed by atoms with Gasteiger partial charge in [-0.05, 0) is 36.8 Å². The van der Waals surface area contributed by atoms with Crippen LogP contribution in [-0.4, -0.2) is 24.4 Å². The summed E-state index contributed by atoms with van der Waals surface area (Å²) in [4.78, 5) is 0. The van der Waals surface area contributed by atoms with Gasteiger partial charge in [0.2, 0.25) is 0 Å². The van der Waals surface area contributed by atoms with Crippen molar-refractivity contribution in [2.24, 2.45) is 0 Å². The fourth-order valence-corrected chi connectivity index (χ4v) is 2.08. The summed E-state index contributed by atoms with van der Waals surface area (Å²) >= 11 is 5.87. The molecular formula is C17H20ClNO2. The first-order valence-corrected chi connectivity index (χ1v) is 7.37. The summed E-state index contributed by atoms with van der Waals surface area (Å²) in [7, 11) is 0. The topological polar surface area (TPSA) is 41.5 Å². The van der Waals surface area contributed by atoms with Crippen molar-refractivity contribution in [3.63, 3.8) is 0 Å². The maximum absolute atomic E-state index is 9.94. The third-order valence-corrected chi connectivity index (χ3v) is 3.47. The normalized spacial score (nSPS) is 13.7. The molecule has 0 aliphatic heterocycles. The van der Waals surface area contributed by atoms with Crippen LogP contribution in [0.5, 0.6) is 5.75 Å². The van der Waals surface area contributed by atoms with E-state index < -0.39 is 6.10 Å². The number of nitrogens with one attached hydrogen (secondary N) is 1. The molecule has 0 bridgehead atoms. The molecule has 0 heterocycles. The van der Waals surface area contributed by atoms with E-state index in [9.17, 15) is 5.11 Å². The number of halogens is 1. The van der Waals surface area contributed by atoms with Crippen LogP contribution in [0.4, 0.5) is 0 Å². The van der Waals surface area contributed by atoms with Crippen LogP contribution in [0.1, 0.15) is 18.5 Å². The number of aliphatic hydroxyl groups is 1. The summed E-state index contributed by atoms with van der Waals surface area (Å²) in [6, 6.07) is 17.3. The number of hydrogen-bond donors (Lipinski definition) is 2. The van der Waals surface area contributed by atoms with Crippen molar-refractivity contribution < 1.29 is 9.84 Å². The van der Waals surface area contributed by atoms with Crippen LogP contribution in [0.25, 0.3) is 0 Å². The zero-order valence-electron chi connectivity index (χ0n) is 12.0. The molecule has 3 nitrogen and oxygen atoms in total. The lowest BCUT2D eigenvalue weighted by Crippen LogP contribution is -2.33. The lowest BCUT2D eigenvalue weighted by Gasteiger charge is -2.18. The van der Waals surface area contributed by atoms with Gasteiger partial charge in [-0.15, -0.1) is 0 Å². The Kier molecular flexibility index (Phi) is 6.05. The molecule has 112 valence electrons. The van der Waals surface area contributed by atoms with Crippen LogP contribution in [0, 0.1) is 0 Å². The molecule has 0 radical (unpaired) electrons. The van der Waals surface area contributed by atoms with Crippen molar-refractivity contribution in [1.82, 2.24) is 5.32 Å². The summed E-state index contributed by atoms with van der Waals surface area (Å²) in [5.74, 6) is 0.766. The quantitative estimate of drug-likeness (QED) is 0.823. The van der Waals surface area contributed by atoms with Gasteiger partial charge in [0, 0.05) is 17.6 Å². The van der Waals surface area contributed by atoms with E-state index in [1.165, 1.54) is 0 Å². The Morgan fingerprint density at radius 3 is 2.43 bits per heavy atom. The smallest absolute Gasteiger partial charge is 0.119 e. The Hall–Kier alpha value is -1.55. The molecule has 4 heteroatoms. The van der Waals surface area contributed by atoms with Crippen LogP contribution >= 0.6 is 11.6 Å². The average molecular weight is 306 g/mol. The number of para-hydroxylation sites is 1. The van der Waals surface area contributed by atoms with Gasteiger partial charge in [0.1, 0.15) is 18.5 Å². The fourth-order valence-electron chi connectivity index (χ4n) is 1.95. The van der Waals surface area contributed by atoms with Crippen molar-refractivity contribution in [2.45, 2.75) is 19.1 Å². The van der Waals surface area contributed by atoms with Gasteiger partial charge in [-0.1, -0.05) is 41.9 Å². The van der Waals surface area contributed by atoms with E-state index in [-0.39, 0.29) is 12.6 Å². The molecule has 0 fully saturated rings. The predicted octanol–water partition coefficient (Wildman–Crippen LogP) is 3.43. The predicted molar refractivity (Wildman–Crippen MR) is 85.8 cm³/mol. The van der Waals surface area contributed by atoms with Gasteiger partial charge in [0.15, 0.2) is 0 Å². The third kappa shape index (κ3) is 5.38. The fraction of sp³-hybridized carbons (Fsp3) is 0.294. The molecule has 1 unspecified atom stereocenters. The summed E-state index contributed by atoms with van der Waals surface area (Å²) in [5, 5.41) is 13.9. The molecule has 2 aromatic carbocycles. The Morgan fingerprint density at radius 1 is 1.10 bits per heavy atom. The molecule has 2 aromatic rings. The highest BCUT2D eigenvalue weighted by Crippen LogP contribution is 2.16. The molecular weight excluding hydrogens is 286 g/mol. The van der Waals surface area contributed by atoms with Crippen LogP contribution in [-0.2, 0) is 0 Å². The molecule has 2 atom stereocenters. The third-order valence-electron chi connectivity index (χ3n) is 3.22. The second kappa shape index (κ2) is 8.03. The van der Waals surface area contributed by atoms with Crippen LogP contribution in [0.3, 0.4) is 0 Å². The van der Waals surface area contributed by atoms with E-state index >= 15 is 0 Å². The summed E-state index contributed by atoms with van der Waals surface area (Å²) < 4.78 is 5.51. The zero-order chi connectivity index (χ0) is 15.1. The van der Waals surface area contributed by atoms with Gasteiger partial charge in [-0.3, -0.25) is 0 Å². The van der Waals surface area contributed by atoms with Crippen molar-refractivity contribution in [3.05, 3.63) is 65.2 Å². The van der Waals surface area contributed by atoms with Gasteiger partial charge in [0.25, 0.3) is 0 Å². The van der Waals surface area contributed by atoms with E-state index in [2.05, 4.69) is 5.32 Å². The molecule has 0 aliphatic rings. The first-order chi connectivity index (χ1) is 10.1. The number of benzene rings is 2. The highest BCUT2D eigenvalue weighted by molar-refractivity contribution is 6.30. The van der Waals surface area contributed by atoms with Crippen molar-refractivity contribution in [2.75, 3.05) is 13.2 Å². The Bertz CT molecular complexity index is 530. The second-order valence-electron chi connectivity index (χ2n) is 4.96. The van der Waals surface area contributed by atoms with Crippen LogP contribution < -0.4 is 10.1 Å². The zero-order valence-corrected chi connectivity index (χ0v) is 12.8. The Labute approximate surface area is 130 Å². The first kappa shape index (κ1) is 15.8. The van der Waals surface area contributed by atoms with E-state index in [1.54, 1.807) is 0 Å². The highest BCUT2D eigenvalue weighted by atomic mass is 35.5. The maximum Gasteiger partial charge on any atom is 0.119 e. The minimum absolute atomic E-state index is 0.147. The summed E-state index contributed by atoms with van der Waals surface area (Å²) in [6.07, 6.45) is -0.556. The van der Waals surface area contributed by atoms with E-state index in [1.807, 2.05) is 61.5 Å². The van der Waals surface area contributed by atoms with Gasteiger partial charge < -0.3 is 15.2 Å². The van der Waals surface area contributed by atoms with E-state index in [0.29, 0.717) is 6.54 Å². The van der Waals surface area contributed by atoms with Gasteiger partial charge in [-0.25, -0.2) is 0 Å². The van der Waals surface area contributed by atoms with Gasteiger partial charge in [0.05, 0.1) is 0 Å². The molecule has 21 heavy (non-hydrogen) atoms. The lowest BCUT2D eigenvalue weighted by molar-refractivity contribution is 0.104. The van der Waals surface area contributed by atoms with Crippen molar-refractivity contribution in [3.8, 4) is 5.75 Å². The molecule has 0 aliphatic carbocycles. The monoisotopic (exact) mass is 305 g/mol. The van der Waals surface area contributed by atoms with E-state index in [0.717, 1.165) is 16.3 Å². The van der Waals surface area contributed by atoms with Gasteiger partial charge >= 0.3 is 0 Å². The molecule has 2 rings (SSSR count). The lowest BCUT2D eigenvalue weighted by atomic mass is 10.1. The largest absolute Gasteiger partial charge is 0.491 e. The number of rotatable bonds is 7.